The molecule has 0 heterocycles. The summed E-state index contributed by atoms with van der Waals surface area (Å²) in [6.07, 6.45) is 5.08. The van der Waals surface area contributed by atoms with Gasteiger partial charge in [-0.1, -0.05) is 15.9 Å². The van der Waals surface area contributed by atoms with Gasteiger partial charge in [0.1, 0.15) is 0 Å². The molecule has 0 spiro atoms. The number of hydrogen-bond donors (Lipinski definition) is 1. The van der Waals surface area contributed by atoms with Gasteiger partial charge in [0.2, 0.25) is 0 Å². The number of rotatable bonds is 2. The van der Waals surface area contributed by atoms with Crippen LogP contribution in [-0.4, -0.2) is 11.5 Å². The Balaban J connectivity index is 2.33. The van der Waals surface area contributed by atoms with Gasteiger partial charge in [0, 0.05) is 21.9 Å². The molecule has 0 aromatic carbocycles. The van der Waals surface area contributed by atoms with E-state index in [4.69, 9.17) is 5.73 Å². The molecule has 1 aliphatic carbocycles. The molecule has 1 rings (SSSR count). The summed E-state index contributed by atoms with van der Waals surface area (Å²) in [6, 6.07) is 0. The molecule has 0 amide bonds. The van der Waals surface area contributed by atoms with Crippen molar-refractivity contribution in [3.8, 4) is 0 Å². The van der Waals surface area contributed by atoms with Crippen LogP contribution in [0.3, 0.4) is 0 Å². The molecular formula is C6H10BrNS. The zero-order valence-corrected chi connectivity index (χ0v) is 7.71. The van der Waals surface area contributed by atoms with Crippen molar-refractivity contribution in [3.63, 3.8) is 0 Å². The summed E-state index contributed by atoms with van der Waals surface area (Å²) in [7, 11) is 0. The zero-order chi connectivity index (χ0) is 6.85. The van der Waals surface area contributed by atoms with Crippen LogP contribution in [0.1, 0.15) is 6.42 Å². The lowest BCUT2D eigenvalue weighted by Gasteiger charge is -1.91. The van der Waals surface area contributed by atoms with Crippen LogP contribution >= 0.6 is 27.7 Å². The maximum atomic E-state index is 5.31. The van der Waals surface area contributed by atoms with Gasteiger partial charge < -0.3 is 5.73 Å². The molecule has 0 aromatic heterocycles. The SMILES string of the molecule is CSC1CC1/C(Br)=C/N. The molecule has 1 fully saturated rings. The van der Waals surface area contributed by atoms with Gasteiger partial charge in [-0.05, 0) is 12.7 Å². The minimum atomic E-state index is 0.713. The van der Waals surface area contributed by atoms with Gasteiger partial charge in [-0.15, -0.1) is 0 Å². The number of thioether (sulfide) groups is 1. The summed E-state index contributed by atoms with van der Waals surface area (Å²) in [5.74, 6) is 0.713. The molecule has 0 radical (unpaired) electrons. The largest absolute Gasteiger partial charge is 0.404 e. The molecular weight excluding hydrogens is 198 g/mol. The second-order valence-electron chi connectivity index (χ2n) is 2.17. The highest BCUT2D eigenvalue weighted by atomic mass is 79.9. The van der Waals surface area contributed by atoms with E-state index in [0.29, 0.717) is 5.92 Å². The van der Waals surface area contributed by atoms with Crippen LogP contribution in [-0.2, 0) is 0 Å². The van der Waals surface area contributed by atoms with Crippen LogP contribution in [0.25, 0.3) is 0 Å². The van der Waals surface area contributed by atoms with Crippen LogP contribution in [0.2, 0.25) is 0 Å². The van der Waals surface area contributed by atoms with E-state index in [1.54, 1.807) is 6.20 Å². The summed E-state index contributed by atoms with van der Waals surface area (Å²) in [4.78, 5) is 0. The third kappa shape index (κ3) is 1.64. The van der Waals surface area contributed by atoms with Crippen molar-refractivity contribution in [1.82, 2.24) is 0 Å². The fourth-order valence-electron chi connectivity index (χ4n) is 0.846. The molecule has 2 N–H and O–H groups in total. The summed E-state index contributed by atoms with van der Waals surface area (Å²) in [5.41, 5.74) is 5.31. The first kappa shape index (κ1) is 7.48. The van der Waals surface area contributed by atoms with Crippen LogP contribution in [0, 0.1) is 5.92 Å². The Morgan fingerprint density at radius 2 is 2.56 bits per heavy atom. The smallest absolute Gasteiger partial charge is 0.0148 e. The molecule has 1 saturated carbocycles. The number of hydrogen-bond acceptors (Lipinski definition) is 2. The molecule has 1 aliphatic rings. The van der Waals surface area contributed by atoms with E-state index in [-0.39, 0.29) is 0 Å². The summed E-state index contributed by atoms with van der Waals surface area (Å²) in [6.45, 7) is 0. The molecule has 1 nitrogen and oxygen atoms in total. The average Bonchev–Trinajstić information content (AvgIpc) is 2.64. The van der Waals surface area contributed by atoms with E-state index in [2.05, 4.69) is 22.2 Å². The Labute approximate surface area is 68.2 Å². The zero-order valence-electron chi connectivity index (χ0n) is 5.30. The quantitative estimate of drug-likeness (QED) is 0.750. The van der Waals surface area contributed by atoms with Gasteiger partial charge in [0.05, 0.1) is 0 Å². The van der Waals surface area contributed by atoms with E-state index in [9.17, 15) is 0 Å². The minimum Gasteiger partial charge on any atom is -0.404 e. The van der Waals surface area contributed by atoms with Crippen molar-refractivity contribution in [3.05, 3.63) is 10.7 Å². The summed E-state index contributed by atoms with van der Waals surface area (Å²) >= 11 is 5.32. The van der Waals surface area contributed by atoms with E-state index < -0.39 is 0 Å². The maximum absolute atomic E-state index is 5.31. The second kappa shape index (κ2) is 2.97. The second-order valence-corrected chi connectivity index (χ2v) is 4.16. The Morgan fingerprint density at radius 3 is 2.89 bits per heavy atom. The molecule has 2 atom stereocenters. The molecule has 2 unspecified atom stereocenters. The third-order valence-corrected chi connectivity index (χ3v) is 3.53. The normalized spacial score (nSPS) is 34.7. The predicted molar refractivity (Wildman–Crippen MR) is 46.6 cm³/mol. The van der Waals surface area contributed by atoms with Gasteiger partial charge in [-0.2, -0.15) is 11.8 Å². The molecule has 0 aliphatic heterocycles. The molecule has 52 valence electrons. The average molecular weight is 208 g/mol. The van der Waals surface area contributed by atoms with Crippen LogP contribution in [0.4, 0.5) is 0 Å². The number of nitrogens with two attached hydrogens (primary N) is 1. The Morgan fingerprint density at radius 1 is 1.89 bits per heavy atom. The van der Waals surface area contributed by atoms with Crippen LogP contribution in [0.15, 0.2) is 10.7 Å². The van der Waals surface area contributed by atoms with Gasteiger partial charge in [-0.25, -0.2) is 0 Å². The van der Waals surface area contributed by atoms with Gasteiger partial charge >= 0.3 is 0 Å². The van der Waals surface area contributed by atoms with Crippen molar-refractivity contribution in [2.75, 3.05) is 6.26 Å². The highest BCUT2D eigenvalue weighted by Gasteiger charge is 2.38. The van der Waals surface area contributed by atoms with E-state index in [1.807, 2.05) is 11.8 Å². The topological polar surface area (TPSA) is 26.0 Å². The highest BCUT2D eigenvalue weighted by Crippen LogP contribution is 2.46. The van der Waals surface area contributed by atoms with Gasteiger partial charge in [-0.3, -0.25) is 0 Å². The molecule has 0 saturated heterocycles. The van der Waals surface area contributed by atoms with Gasteiger partial charge in [0.25, 0.3) is 0 Å². The minimum absolute atomic E-state index is 0.713. The fraction of sp³-hybridized carbons (Fsp3) is 0.667. The van der Waals surface area contributed by atoms with E-state index in [1.165, 1.54) is 10.9 Å². The first-order valence-corrected chi connectivity index (χ1v) is 4.97. The van der Waals surface area contributed by atoms with Crippen molar-refractivity contribution < 1.29 is 0 Å². The fourth-order valence-corrected chi connectivity index (χ4v) is 2.40. The molecule has 0 aromatic rings. The van der Waals surface area contributed by atoms with Gasteiger partial charge in [0.15, 0.2) is 0 Å². The Hall–Kier alpha value is 0.370. The predicted octanol–water partition coefficient (Wildman–Crippen LogP) is 1.93. The van der Waals surface area contributed by atoms with Crippen molar-refractivity contribution >= 4 is 27.7 Å². The first-order valence-electron chi connectivity index (χ1n) is 2.89. The molecule has 0 bridgehead atoms. The standard InChI is InChI=1S/C6H10BrNS/c1-9-6-2-4(6)5(7)3-8/h3-4,6H,2,8H2,1H3/b5-3-. The monoisotopic (exact) mass is 207 g/mol. The summed E-state index contributed by atoms with van der Waals surface area (Å²) in [5, 5.41) is 0.819. The lowest BCUT2D eigenvalue weighted by Crippen LogP contribution is -1.86. The number of halogens is 1. The van der Waals surface area contributed by atoms with E-state index in [0.717, 1.165) is 5.25 Å². The lowest BCUT2D eigenvalue weighted by molar-refractivity contribution is 1.10. The van der Waals surface area contributed by atoms with Crippen LogP contribution in [0.5, 0.6) is 0 Å². The summed E-state index contributed by atoms with van der Waals surface area (Å²) < 4.78 is 1.17. The Bertz CT molecular complexity index is 135. The lowest BCUT2D eigenvalue weighted by atomic mass is 10.4. The van der Waals surface area contributed by atoms with Crippen molar-refractivity contribution in [2.45, 2.75) is 11.7 Å². The molecule has 9 heavy (non-hydrogen) atoms. The third-order valence-electron chi connectivity index (χ3n) is 1.55. The highest BCUT2D eigenvalue weighted by molar-refractivity contribution is 9.11. The number of allylic oxidation sites excluding steroid dienone is 1. The van der Waals surface area contributed by atoms with E-state index >= 15 is 0 Å². The van der Waals surface area contributed by atoms with Crippen molar-refractivity contribution in [2.24, 2.45) is 11.7 Å². The Kier molecular flexibility index (Phi) is 2.47. The molecule has 3 heteroatoms. The first-order chi connectivity index (χ1) is 4.29. The maximum Gasteiger partial charge on any atom is 0.0148 e. The van der Waals surface area contributed by atoms with Crippen molar-refractivity contribution in [1.29, 1.82) is 0 Å². The van der Waals surface area contributed by atoms with Crippen LogP contribution < -0.4 is 5.73 Å².